The van der Waals surface area contributed by atoms with Crippen LogP contribution in [0.3, 0.4) is 0 Å². The molecular formula is C24H27Cl3N4OS. The number of carbonyl (C=O) groups excluding carboxylic acids is 1. The molecule has 1 atom stereocenters. The van der Waals surface area contributed by atoms with E-state index in [1.54, 1.807) is 0 Å². The van der Waals surface area contributed by atoms with E-state index in [9.17, 15) is 4.79 Å². The normalized spacial score (nSPS) is 17.2. The summed E-state index contributed by atoms with van der Waals surface area (Å²) in [5.41, 5.74) is 4.51. The average Bonchev–Trinajstić information content (AvgIpc) is 2.81. The zero-order chi connectivity index (χ0) is 23.4. The molecule has 0 bridgehead atoms. The Morgan fingerprint density at radius 1 is 1.09 bits per heavy atom. The molecular weight excluding hydrogens is 499 g/mol. The number of anilines is 2. The first-order valence-corrected chi connectivity index (χ1v) is 12.7. The minimum atomic E-state index is -1.75. The minimum absolute atomic E-state index is 0.186. The van der Waals surface area contributed by atoms with Crippen molar-refractivity contribution in [1.82, 2.24) is 10.2 Å². The molecule has 2 aliphatic rings. The van der Waals surface area contributed by atoms with E-state index in [1.165, 1.54) is 5.56 Å². The van der Waals surface area contributed by atoms with Gasteiger partial charge in [-0.05, 0) is 55.1 Å². The molecule has 0 aliphatic carbocycles. The van der Waals surface area contributed by atoms with Crippen molar-refractivity contribution in [3.8, 4) is 0 Å². The number of aryl methyl sites for hydroxylation is 2. The van der Waals surface area contributed by atoms with Crippen LogP contribution in [0.2, 0.25) is 0 Å². The number of hydrogen-bond donors (Lipinski definition) is 2. The number of amides is 1. The zero-order valence-electron chi connectivity index (χ0n) is 18.2. The van der Waals surface area contributed by atoms with Crippen LogP contribution < -0.4 is 15.5 Å². The van der Waals surface area contributed by atoms with E-state index in [4.69, 9.17) is 47.0 Å². The number of nitrogens with one attached hydrogen (secondary N) is 2. The van der Waals surface area contributed by atoms with Gasteiger partial charge >= 0.3 is 0 Å². The van der Waals surface area contributed by atoms with Gasteiger partial charge in [-0.15, -0.1) is 0 Å². The standard InChI is InChI=1S/C24H27Cl3N4OS/c25-24(26,27)22(29-20(32)13-12-17-7-2-1-3-8-17)31-16-6-15-30(23(31)33)19-11-4-9-18-10-5-14-28-21(18)19/h1-4,7-9,11,22,28H,5-6,10,12-16H2,(H,29,32). The van der Waals surface area contributed by atoms with Gasteiger partial charge in [0.2, 0.25) is 9.70 Å². The van der Waals surface area contributed by atoms with Gasteiger partial charge in [0.25, 0.3) is 0 Å². The minimum Gasteiger partial charge on any atom is -0.383 e. The Morgan fingerprint density at radius 3 is 2.64 bits per heavy atom. The fraction of sp³-hybridized carbons (Fsp3) is 0.417. The lowest BCUT2D eigenvalue weighted by Crippen LogP contribution is -2.62. The second kappa shape index (κ2) is 10.7. The van der Waals surface area contributed by atoms with E-state index in [0.717, 1.165) is 49.3 Å². The van der Waals surface area contributed by atoms with Crippen molar-refractivity contribution in [2.45, 2.75) is 42.1 Å². The van der Waals surface area contributed by atoms with Crippen molar-refractivity contribution < 1.29 is 4.79 Å². The summed E-state index contributed by atoms with van der Waals surface area (Å²) in [7, 11) is 0. The predicted molar refractivity (Wildman–Crippen MR) is 142 cm³/mol. The maximum absolute atomic E-state index is 12.8. The highest BCUT2D eigenvalue weighted by Gasteiger charge is 2.42. The van der Waals surface area contributed by atoms with E-state index in [-0.39, 0.29) is 5.91 Å². The van der Waals surface area contributed by atoms with Crippen molar-refractivity contribution >= 4 is 69.4 Å². The highest BCUT2D eigenvalue weighted by molar-refractivity contribution is 7.80. The van der Waals surface area contributed by atoms with Crippen LogP contribution in [0.1, 0.15) is 30.4 Å². The second-order valence-electron chi connectivity index (χ2n) is 8.32. The third-order valence-corrected chi connectivity index (χ3v) is 7.08. The van der Waals surface area contributed by atoms with Crippen LogP contribution in [-0.4, -0.2) is 45.5 Å². The Hall–Kier alpha value is -1.73. The molecule has 4 rings (SSSR count). The molecule has 0 aromatic heterocycles. The summed E-state index contributed by atoms with van der Waals surface area (Å²) in [5, 5.41) is 6.99. The average molecular weight is 526 g/mol. The second-order valence-corrected chi connectivity index (χ2v) is 11.1. The molecule has 1 unspecified atom stereocenters. The Labute approximate surface area is 215 Å². The number of hydrogen-bond acceptors (Lipinski definition) is 3. The zero-order valence-corrected chi connectivity index (χ0v) is 21.3. The number of alkyl halides is 3. The molecule has 0 saturated carbocycles. The molecule has 0 spiro atoms. The number of para-hydroxylation sites is 1. The van der Waals surface area contributed by atoms with Crippen molar-refractivity contribution in [3.05, 3.63) is 59.7 Å². The van der Waals surface area contributed by atoms with Crippen molar-refractivity contribution in [1.29, 1.82) is 0 Å². The Balaban J connectivity index is 1.51. The number of halogens is 3. The van der Waals surface area contributed by atoms with Gasteiger partial charge in [-0.3, -0.25) is 4.79 Å². The largest absolute Gasteiger partial charge is 0.383 e. The summed E-state index contributed by atoms with van der Waals surface area (Å²) in [6.45, 7) is 2.29. The predicted octanol–water partition coefficient (Wildman–Crippen LogP) is 5.29. The molecule has 0 radical (unpaired) electrons. The Morgan fingerprint density at radius 2 is 1.88 bits per heavy atom. The highest BCUT2D eigenvalue weighted by atomic mass is 35.6. The van der Waals surface area contributed by atoms with Gasteiger partial charge in [-0.25, -0.2) is 0 Å². The van der Waals surface area contributed by atoms with Gasteiger partial charge in [0.05, 0.1) is 11.4 Å². The van der Waals surface area contributed by atoms with Gasteiger partial charge in [-0.1, -0.05) is 77.3 Å². The van der Waals surface area contributed by atoms with Crippen LogP contribution in [0.5, 0.6) is 0 Å². The van der Waals surface area contributed by atoms with E-state index >= 15 is 0 Å². The number of carbonyl (C=O) groups is 1. The van der Waals surface area contributed by atoms with E-state index < -0.39 is 9.96 Å². The molecule has 2 heterocycles. The molecule has 1 saturated heterocycles. The SMILES string of the molecule is O=C(CCc1ccccc1)NC(N1CCCN(c2cccc3c2NCCC3)C1=S)C(Cl)(Cl)Cl. The van der Waals surface area contributed by atoms with E-state index in [0.29, 0.717) is 24.5 Å². The monoisotopic (exact) mass is 524 g/mol. The third-order valence-electron chi connectivity index (χ3n) is 6.00. The quantitative estimate of drug-likeness (QED) is 0.397. The van der Waals surface area contributed by atoms with Crippen molar-refractivity contribution in [3.63, 3.8) is 0 Å². The number of nitrogens with zero attached hydrogens (tertiary/aromatic N) is 2. The molecule has 2 N–H and O–H groups in total. The van der Waals surface area contributed by atoms with Crippen LogP contribution in [-0.2, 0) is 17.6 Å². The Bertz CT molecular complexity index is 999. The van der Waals surface area contributed by atoms with Crippen molar-refractivity contribution in [2.24, 2.45) is 0 Å². The lowest BCUT2D eigenvalue weighted by atomic mass is 10.0. The number of benzene rings is 2. The molecule has 2 aromatic rings. The van der Waals surface area contributed by atoms with Crippen LogP contribution >= 0.6 is 47.0 Å². The number of rotatable bonds is 6. The van der Waals surface area contributed by atoms with Gasteiger partial charge < -0.3 is 20.4 Å². The first kappa shape index (κ1) is 24.4. The fourth-order valence-corrected chi connectivity index (χ4v) is 5.29. The van der Waals surface area contributed by atoms with Gasteiger partial charge in [-0.2, -0.15) is 0 Å². The fourth-order valence-electron chi connectivity index (χ4n) is 4.39. The maximum atomic E-state index is 12.8. The van der Waals surface area contributed by atoms with Gasteiger partial charge in [0, 0.05) is 26.1 Å². The van der Waals surface area contributed by atoms with E-state index in [2.05, 4.69) is 33.7 Å². The van der Waals surface area contributed by atoms with Crippen LogP contribution in [0.25, 0.3) is 0 Å². The first-order chi connectivity index (χ1) is 15.8. The van der Waals surface area contributed by atoms with Crippen molar-refractivity contribution in [2.75, 3.05) is 29.9 Å². The van der Waals surface area contributed by atoms with E-state index in [1.807, 2.05) is 35.2 Å². The molecule has 176 valence electrons. The molecule has 33 heavy (non-hydrogen) atoms. The molecule has 5 nitrogen and oxygen atoms in total. The van der Waals surface area contributed by atoms with Crippen LogP contribution in [0.4, 0.5) is 11.4 Å². The molecule has 2 aliphatic heterocycles. The summed E-state index contributed by atoms with van der Waals surface area (Å²) in [5.74, 6) is -0.186. The lowest BCUT2D eigenvalue weighted by Gasteiger charge is -2.45. The summed E-state index contributed by atoms with van der Waals surface area (Å²) >= 11 is 24.9. The highest BCUT2D eigenvalue weighted by Crippen LogP contribution is 2.37. The smallest absolute Gasteiger partial charge is 0.228 e. The maximum Gasteiger partial charge on any atom is 0.228 e. The summed E-state index contributed by atoms with van der Waals surface area (Å²) in [6.07, 6.45) is 3.00. The van der Waals surface area contributed by atoms with Crippen LogP contribution in [0.15, 0.2) is 48.5 Å². The molecule has 2 aromatic carbocycles. The molecule has 9 heteroatoms. The summed E-state index contributed by atoms with van der Waals surface area (Å²) in [4.78, 5) is 16.7. The van der Waals surface area contributed by atoms with Gasteiger partial charge in [0.1, 0.15) is 0 Å². The van der Waals surface area contributed by atoms with Crippen LogP contribution in [0, 0.1) is 0 Å². The van der Waals surface area contributed by atoms with Gasteiger partial charge in [0.15, 0.2) is 11.3 Å². The molecule has 1 fully saturated rings. The topological polar surface area (TPSA) is 47.6 Å². The number of fused-ring (bicyclic) bond motifs is 1. The molecule has 1 amide bonds. The third kappa shape index (κ3) is 5.86. The first-order valence-electron chi connectivity index (χ1n) is 11.2. The summed E-state index contributed by atoms with van der Waals surface area (Å²) in [6, 6.07) is 16.1. The Kier molecular flexibility index (Phi) is 7.90. The number of thiocarbonyl (C=S) groups is 1. The lowest BCUT2D eigenvalue weighted by molar-refractivity contribution is -0.122. The summed E-state index contributed by atoms with van der Waals surface area (Å²) < 4.78 is -1.75.